The summed E-state index contributed by atoms with van der Waals surface area (Å²) in [6.45, 7) is 3.69. The van der Waals surface area contributed by atoms with Gasteiger partial charge in [0.05, 0.1) is 41.3 Å². The molecule has 1 fully saturated rings. The number of anilines is 1. The predicted molar refractivity (Wildman–Crippen MR) is 132 cm³/mol. The molecule has 4 atom stereocenters. The van der Waals surface area contributed by atoms with E-state index in [0.29, 0.717) is 22.2 Å². The second-order valence-corrected chi connectivity index (χ2v) is 9.82. The molecule has 1 aliphatic heterocycles. The normalized spacial score (nSPS) is 21.4. The molecule has 0 bridgehead atoms. The monoisotopic (exact) mass is 583 g/mol. The van der Waals surface area contributed by atoms with Crippen molar-refractivity contribution in [3.05, 3.63) is 55.5 Å². The van der Waals surface area contributed by atoms with Gasteiger partial charge in [-0.3, -0.25) is 10.1 Å². The van der Waals surface area contributed by atoms with E-state index in [0.717, 1.165) is 3.57 Å². The number of halogens is 1. The average molecular weight is 583 g/mol. The molecule has 1 unspecified atom stereocenters. The van der Waals surface area contributed by atoms with Gasteiger partial charge < -0.3 is 30.0 Å². The molecule has 0 amide bonds. The molecule has 34 heavy (non-hydrogen) atoms. The lowest BCUT2D eigenvalue weighted by molar-refractivity contribution is -0.386. The fraction of sp³-hybridized carbons (Fsp3) is 0.455. The van der Waals surface area contributed by atoms with Crippen molar-refractivity contribution in [2.45, 2.75) is 51.4 Å². The van der Waals surface area contributed by atoms with Gasteiger partial charge in [-0.1, -0.05) is 13.8 Å². The summed E-state index contributed by atoms with van der Waals surface area (Å²) >= 11 is 2.05. The van der Waals surface area contributed by atoms with Gasteiger partial charge in [-0.05, 0) is 40.6 Å². The van der Waals surface area contributed by atoms with Crippen LogP contribution in [-0.2, 0) is 16.1 Å². The molecule has 1 saturated heterocycles. The Kier molecular flexibility index (Phi) is 7.33. The van der Waals surface area contributed by atoms with Gasteiger partial charge in [0.25, 0.3) is 5.69 Å². The number of nitro groups is 1. The number of rotatable bonds is 8. The minimum Gasteiger partial charge on any atom is -0.394 e. The standard InChI is InChI=1S/C22H26IN5O6/c1-11(2)20(14-4-3-13(23)5-15(14)28(31)32)33-9-12-7-27(18-6-16(30)17(8-29)34-18)22-19(12)21(24)25-10-26-22/h3-5,7,10-11,16-18,20,29-30H,6,8-9H2,1-2H3,(H2,24,25,26)/t16-,17-,18-,20?/m1/s1. The molecular weight excluding hydrogens is 557 g/mol. The minimum absolute atomic E-state index is 0.0132. The number of aromatic nitrogens is 3. The number of benzene rings is 1. The third-order valence-corrected chi connectivity index (χ3v) is 6.60. The summed E-state index contributed by atoms with van der Waals surface area (Å²) in [7, 11) is 0. The fourth-order valence-corrected chi connectivity index (χ4v) is 4.78. The number of fused-ring (bicyclic) bond motifs is 1. The summed E-state index contributed by atoms with van der Waals surface area (Å²) in [6, 6.07) is 5.08. The molecule has 1 aromatic carbocycles. The highest BCUT2D eigenvalue weighted by atomic mass is 127. The molecule has 182 valence electrons. The molecule has 11 nitrogen and oxygen atoms in total. The van der Waals surface area contributed by atoms with Gasteiger partial charge in [0.1, 0.15) is 30.1 Å². The van der Waals surface area contributed by atoms with Gasteiger partial charge in [-0.25, -0.2) is 9.97 Å². The van der Waals surface area contributed by atoms with Crippen LogP contribution in [0.15, 0.2) is 30.7 Å². The van der Waals surface area contributed by atoms with E-state index < -0.39 is 29.5 Å². The Morgan fingerprint density at radius 2 is 2.18 bits per heavy atom. The lowest BCUT2D eigenvalue weighted by Crippen LogP contribution is -2.24. The molecule has 0 spiro atoms. The number of nitrogen functional groups attached to an aromatic ring is 1. The average Bonchev–Trinajstić information content (AvgIpc) is 3.35. The SMILES string of the molecule is CC(C)C(OCc1cn([C@H]2C[C@@H](O)[C@@H](CO)O2)c2ncnc(N)c12)c1ccc(I)cc1[N+](=O)[O-]. The van der Waals surface area contributed by atoms with E-state index in [4.69, 9.17) is 15.2 Å². The lowest BCUT2D eigenvalue weighted by Gasteiger charge is -2.22. The Morgan fingerprint density at radius 3 is 2.82 bits per heavy atom. The van der Waals surface area contributed by atoms with Gasteiger partial charge in [-0.2, -0.15) is 0 Å². The van der Waals surface area contributed by atoms with Crippen LogP contribution in [0.25, 0.3) is 11.0 Å². The van der Waals surface area contributed by atoms with Crippen molar-refractivity contribution < 1.29 is 24.6 Å². The predicted octanol–water partition coefficient (Wildman–Crippen LogP) is 3.08. The quantitative estimate of drug-likeness (QED) is 0.206. The zero-order chi connectivity index (χ0) is 24.6. The molecular formula is C22H26IN5O6. The van der Waals surface area contributed by atoms with Gasteiger partial charge in [-0.15, -0.1) is 0 Å². The molecule has 4 N–H and O–H groups in total. The molecule has 4 rings (SSSR count). The highest BCUT2D eigenvalue weighted by molar-refractivity contribution is 14.1. The first-order chi connectivity index (χ1) is 16.2. The summed E-state index contributed by atoms with van der Waals surface area (Å²) < 4.78 is 14.6. The van der Waals surface area contributed by atoms with Crippen LogP contribution in [0.1, 0.15) is 43.7 Å². The van der Waals surface area contributed by atoms with Crippen LogP contribution in [0.5, 0.6) is 0 Å². The molecule has 3 heterocycles. The van der Waals surface area contributed by atoms with Crippen molar-refractivity contribution in [1.29, 1.82) is 0 Å². The van der Waals surface area contributed by atoms with Crippen LogP contribution in [0.4, 0.5) is 11.5 Å². The van der Waals surface area contributed by atoms with Crippen molar-refractivity contribution in [3.63, 3.8) is 0 Å². The summed E-state index contributed by atoms with van der Waals surface area (Å²) in [5.41, 5.74) is 7.89. The fourth-order valence-electron chi connectivity index (χ4n) is 4.30. The molecule has 3 aromatic rings. The van der Waals surface area contributed by atoms with Gasteiger partial charge in [0, 0.05) is 27.8 Å². The zero-order valence-electron chi connectivity index (χ0n) is 18.7. The second-order valence-electron chi connectivity index (χ2n) is 8.57. The summed E-state index contributed by atoms with van der Waals surface area (Å²) in [4.78, 5) is 19.7. The Balaban J connectivity index is 1.68. The van der Waals surface area contributed by atoms with E-state index in [-0.39, 0.29) is 37.1 Å². The number of nitro benzene ring substituents is 1. The number of hydrogen-bond donors (Lipinski definition) is 3. The first-order valence-corrected chi connectivity index (χ1v) is 11.9. The van der Waals surface area contributed by atoms with Gasteiger partial charge in [0.2, 0.25) is 0 Å². The second kappa shape index (κ2) is 10.1. The number of aliphatic hydroxyl groups is 2. The van der Waals surface area contributed by atoms with Crippen LogP contribution in [0.2, 0.25) is 0 Å². The van der Waals surface area contributed by atoms with E-state index in [2.05, 4.69) is 9.97 Å². The van der Waals surface area contributed by atoms with Crippen LogP contribution in [0, 0.1) is 19.6 Å². The Bertz CT molecular complexity index is 1200. The molecule has 12 heteroatoms. The topological polar surface area (TPSA) is 159 Å². The molecule has 0 aliphatic carbocycles. The Morgan fingerprint density at radius 1 is 1.41 bits per heavy atom. The third-order valence-electron chi connectivity index (χ3n) is 5.93. The van der Waals surface area contributed by atoms with Crippen LogP contribution in [0.3, 0.4) is 0 Å². The Hall–Kier alpha value is -2.39. The van der Waals surface area contributed by atoms with Crippen molar-refractivity contribution in [2.75, 3.05) is 12.3 Å². The molecule has 0 saturated carbocycles. The highest BCUT2D eigenvalue weighted by Gasteiger charge is 2.36. The number of aliphatic hydroxyl groups excluding tert-OH is 2. The van der Waals surface area contributed by atoms with E-state index >= 15 is 0 Å². The zero-order valence-corrected chi connectivity index (χ0v) is 20.8. The van der Waals surface area contributed by atoms with Gasteiger partial charge in [0.15, 0.2) is 0 Å². The van der Waals surface area contributed by atoms with Crippen LogP contribution >= 0.6 is 22.6 Å². The maximum absolute atomic E-state index is 11.7. The smallest absolute Gasteiger partial charge is 0.276 e. The minimum atomic E-state index is -0.807. The summed E-state index contributed by atoms with van der Waals surface area (Å²) in [6.07, 6.45) is 0.835. The first kappa shape index (κ1) is 24.7. The molecule has 0 radical (unpaired) electrons. The summed E-state index contributed by atoms with van der Waals surface area (Å²) in [5, 5.41) is 31.9. The Labute approximate surface area is 209 Å². The summed E-state index contributed by atoms with van der Waals surface area (Å²) in [5.74, 6) is 0.222. The van der Waals surface area contributed by atoms with E-state index in [1.54, 1.807) is 16.8 Å². The highest BCUT2D eigenvalue weighted by Crippen LogP contribution is 2.37. The number of hydrogen-bond acceptors (Lipinski definition) is 9. The van der Waals surface area contributed by atoms with E-state index in [1.165, 1.54) is 12.4 Å². The van der Waals surface area contributed by atoms with Crippen LogP contribution < -0.4 is 5.73 Å². The van der Waals surface area contributed by atoms with Crippen LogP contribution in [-0.4, -0.2) is 48.5 Å². The maximum Gasteiger partial charge on any atom is 0.276 e. The van der Waals surface area contributed by atoms with Crippen molar-refractivity contribution in [1.82, 2.24) is 14.5 Å². The third kappa shape index (κ3) is 4.73. The molecule has 1 aliphatic rings. The number of nitrogens with zero attached hydrogens (tertiary/aromatic N) is 4. The number of ether oxygens (including phenoxy) is 2. The van der Waals surface area contributed by atoms with Crippen molar-refractivity contribution in [2.24, 2.45) is 5.92 Å². The van der Waals surface area contributed by atoms with Crippen molar-refractivity contribution in [3.8, 4) is 0 Å². The molecule has 2 aromatic heterocycles. The maximum atomic E-state index is 11.7. The number of nitrogens with two attached hydrogens (primary N) is 1. The van der Waals surface area contributed by atoms with E-state index in [9.17, 15) is 20.3 Å². The van der Waals surface area contributed by atoms with Crippen molar-refractivity contribution >= 4 is 45.1 Å². The largest absolute Gasteiger partial charge is 0.394 e. The first-order valence-electron chi connectivity index (χ1n) is 10.8. The van der Waals surface area contributed by atoms with Gasteiger partial charge >= 0.3 is 0 Å². The lowest BCUT2D eigenvalue weighted by atomic mass is 9.97. The van der Waals surface area contributed by atoms with E-state index in [1.807, 2.05) is 42.5 Å².